The van der Waals surface area contributed by atoms with Gasteiger partial charge in [-0.05, 0) is 60.7 Å². The topological polar surface area (TPSA) is 92.6 Å². The Morgan fingerprint density at radius 3 is 2.19 bits per heavy atom. The van der Waals surface area contributed by atoms with Crippen LogP contribution < -0.4 is 15.0 Å². The lowest BCUT2D eigenvalue weighted by molar-refractivity contribution is -0.137. The number of aromatic nitrogens is 3. The van der Waals surface area contributed by atoms with Gasteiger partial charge >= 0.3 is 6.18 Å². The number of para-hydroxylation sites is 1. The number of piperazine rings is 1. The molecule has 2 heterocycles. The number of carbonyl (C=O) groups excluding carboxylic acids is 2. The van der Waals surface area contributed by atoms with Gasteiger partial charge in [0.25, 0.3) is 5.91 Å². The number of rotatable bonds is 9. The fourth-order valence-electron chi connectivity index (χ4n) is 4.64. The van der Waals surface area contributed by atoms with Gasteiger partial charge in [0.2, 0.25) is 5.91 Å². The van der Waals surface area contributed by atoms with Crippen LogP contribution in [0.3, 0.4) is 0 Å². The van der Waals surface area contributed by atoms with E-state index in [-0.39, 0.29) is 24.1 Å². The molecule has 43 heavy (non-hydrogen) atoms. The maximum Gasteiger partial charge on any atom is 0.416 e. The number of halogens is 3. The molecule has 5 rings (SSSR count). The molecule has 1 aromatic heterocycles. The SMILES string of the molecule is COc1ccc(C(=O)NCc2nnc(SCC(=O)N3CCN(c4ccccc4)CC3)n2-c2ccc(C(F)(F)F)cc2)cc1. The zero-order valence-electron chi connectivity index (χ0n) is 23.3. The molecule has 0 atom stereocenters. The Bertz CT molecular complexity index is 1540. The number of hydrogen-bond donors (Lipinski definition) is 1. The Labute approximate surface area is 250 Å². The Morgan fingerprint density at radius 1 is 0.884 bits per heavy atom. The fraction of sp³-hybridized carbons (Fsp3) is 0.267. The van der Waals surface area contributed by atoms with Crippen molar-refractivity contribution in [1.29, 1.82) is 0 Å². The van der Waals surface area contributed by atoms with Gasteiger partial charge in [0.05, 0.1) is 25.0 Å². The molecule has 1 aliphatic rings. The molecule has 0 radical (unpaired) electrons. The molecule has 0 saturated carbocycles. The normalized spacial score (nSPS) is 13.6. The van der Waals surface area contributed by atoms with Crippen molar-refractivity contribution in [3.63, 3.8) is 0 Å². The zero-order valence-corrected chi connectivity index (χ0v) is 24.1. The number of carbonyl (C=O) groups is 2. The van der Waals surface area contributed by atoms with Crippen molar-refractivity contribution >= 4 is 29.3 Å². The van der Waals surface area contributed by atoms with Gasteiger partial charge in [-0.2, -0.15) is 13.2 Å². The third-order valence-electron chi connectivity index (χ3n) is 6.99. The van der Waals surface area contributed by atoms with Crippen LogP contribution in [-0.2, 0) is 17.5 Å². The maximum absolute atomic E-state index is 13.2. The number of nitrogens with zero attached hydrogens (tertiary/aromatic N) is 5. The highest BCUT2D eigenvalue weighted by molar-refractivity contribution is 7.99. The van der Waals surface area contributed by atoms with Gasteiger partial charge < -0.3 is 19.9 Å². The molecule has 0 aliphatic carbocycles. The highest BCUT2D eigenvalue weighted by Crippen LogP contribution is 2.31. The Kier molecular flexibility index (Phi) is 9.19. The molecule has 3 aromatic carbocycles. The van der Waals surface area contributed by atoms with E-state index in [0.29, 0.717) is 54.2 Å². The van der Waals surface area contributed by atoms with Crippen molar-refractivity contribution in [2.75, 3.05) is 43.9 Å². The van der Waals surface area contributed by atoms with Crippen LogP contribution in [-0.4, -0.2) is 70.5 Å². The second-order valence-electron chi connectivity index (χ2n) is 9.68. The van der Waals surface area contributed by atoms with E-state index in [9.17, 15) is 22.8 Å². The van der Waals surface area contributed by atoms with Crippen LogP contribution in [0.5, 0.6) is 5.75 Å². The van der Waals surface area contributed by atoms with Crippen LogP contribution in [0.15, 0.2) is 84.0 Å². The molecule has 1 saturated heterocycles. The molecule has 4 aromatic rings. The standard InChI is InChI=1S/C30H29F3N6O3S/c1-42-25-13-7-21(8-14-25)28(41)34-19-26-35-36-29(39(26)24-11-9-22(10-12-24)30(31,32)33)43-20-27(40)38-17-15-37(16-18-38)23-5-3-2-4-6-23/h2-14H,15-20H2,1H3,(H,34,41). The molecule has 1 fully saturated rings. The van der Waals surface area contributed by atoms with E-state index >= 15 is 0 Å². The number of amides is 2. The van der Waals surface area contributed by atoms with Crippen LogP contribution in [0.2, 0.25) is 0 Å². The zero-order chi connectivity index (χ0) is 30.4. The van der Waals surface area contributed by atoms with E-state index in [0.717, 1.165) is 29.6 Å². The van der Waals surface area contributed by atoms with Crippen molar-refractivity contribution in [3.8, 4) is 11.4 Å². The summed E-state index contributed by atoms with van der Waals surface area (Å²) in [6.45, 7) is 2.51. The number of anilines is 1. The number of nitrogens with one attached hydrogen (secondary N) is 1. The lowest BCUT2D eigenvalue weighted by atomic mass is 10.2. The number of methoxy groups -OCH3 is 1. The molecule has 0 bridgehead atoms. The quantitative estimate of drug-likeness (QED) is 0.276. The first kappa shape index (κ1) is 30.0. The first-order chi connectivity index (χ1) is 20.7. The predicted molar refractivity (Wildman–Crippen MR) is 156 cm³/mol. The molecular weight excluding hydrogens is 581 g/mol. The monoisotopic (exact) mass is 610 g/mol. The minimum atomic E-state index is -4.49. The third-order valence-corrected chi connectivity index (χ3v) is 7.90. The van der Waals surface area contributed by atoms with Crippen molar-refractivity contribution in [2.24, 2.45) is 0 Å². The molecule has 0 spiro atoms. The van der Waals surface area contributed by atoms with Crippen molar-refractivity contribution in [3.05, 3.63) is 95.8 Å². The van der Waals surface area contributed by atoms with Gasteiger partial charge in [0, 0.05) is 43.1 Å². The van der Waals surface area contributed by atoms with Gasteiger partial charge in [-0.1, -0.05) is 30.0 Å². The summed E-state index contributed by atoms with van der Waals surface area (Å²) in [4.78, 5) is 29.8. The van der Waals surface area contributed by atoms with E-state index in [1.165, 1.54) is 19.2 Å². The van der Waals surface area contributed by atoms with Gasteiger partial charge in [-0.3, -0.25) is 14.2 Å². The fourth-order valence-corrected chi connectivity index (χ4v) is 5.51. The summed E-state index contributed by atoms with van der Waals surface area (Å²) >= 11 is 1.14. The average Bonchev–Trinajstić information content (AvgIpc) is 3.45. The number of hydrogen-bond acceptors (Lipinski definition) is 7. The highest BCUT2D eigenvalue weighted by atomic mass is 32.2. The summed E-state index contributed by atoms with van der Waals surface area (Å²) < 4.78 is 46.3. The Hall–Kier alpha value is -4.52. The second kappa shape index (κ2) is 13.2. The maximum atomic E-state index is 13.2. The molecule has 1 N–H and O–H groups in total. The number of thioether (sulfide) groups is 1. The number of ether oxygens (including phenoxy) is 1. The summed E-state index contributed by atoms with van der Waals surface area (Å²) in [5.41, 5.74) is 1.09. The molecule has 2 amide bonds. The summed E-state index contributed by atoms with van der Waals surface area (Å²) in [7, 11) is 1.53. The lowest BCUT2D eigenvalue weighted by Crippen LogP contribution is -2.49. The Balaban J connectivity index is 1.28. The smallest absolute Gasteiger partial charge is 0.416 e. The second-order valence-corrected chi connectivity index (χ2v) is 10.6. The number of alkyl halides is 3. The highest BCUT2D eigenvalue weighted by Gasteiger charge is 2.30. The van der Waals surface area contributed by atoms with E-state index in [1.54, 1.807) is 33.7 Å². The van der Waals surface area contributed by atoms with Crippen molar-refractivity contribution in [1.82, 2.24) is 25.0 Å². The molecular formula is C30H29F3N6O3S. The summed E-state index contributed by atoms with van der Waals surface area (Å²) in [5.74, 6) is 0.529. The third kappa shape index (κ3) is 7.28. The lowest BCUT2D eigenvalue weighted by Gasteiger charge is -2.36. The minimum absolute atomic E-state index is 0.0468. The van der Waals surface area contributed by atoms with Gasteiger partial charge in [-0.15, -0.1) is 10.2 Å². The minimum Gasteiger partial charge on any atom is -0.497 e. The molecule has 224 valence electrons. The van der Waals surface area contributed by atoms with Gasteiger partial charge in [0.15, 0.2) is 11.0 Å². The molecule has 0 unspecified atom stereocenters. The molecule has 9 nitrogen and oxygen atoms in total. The molecule has 13 heteroatoms. The van der Waals surface area contributed by atoms with Crippen LogP contribution in [0.4, 0.5) is 18.9 Å². The van der Waals surface area contributed by atoms with E-state index < -0.39 is 11.7 Å². The summed E-state index contributed by atoms with van der Waals surface area (Å²) in [5, 5.41) is 11.5. The first-order valence-electron chi connectivity index (χ1n) is 13.5. The Morgan fingerprint density at radius 2 is 1.56 bits per heavy atom. The van der Waals surface area contributed by atoms with Crippen LogP contribution in [0.25, 0.3) is 5.69 Å². The van der Waals surface area contributed by atoms with Crippen LogP contribution in [0.1, 0.15) is 21.7 Å². The van der Waals surface area contributed by atoms with E-state index in [4.69, 9.17) is 4.74 Å². The van der Waals surface area contributed by atoms with Crippen LogP contribution in [0, 0.1) is 0 Å². The van der Waals surface area contributed by atoms with E-state index in [1.807, 2.05) is 30.3 Å². The largest absolute Gasteiger partial charge is 0.497 e. The average molecular weight is 611 g/mol. The van der Waals surface area contributed by atoms with Gasteiger partial charge in [-0.25, -0.2) is 0 Å². The van der Waals surface area contributed by atoms with Crippen LogP contribution >= 0.6 is 11.8 Å². The van der Waals surface area contributed by atoms with Gasteiger partial charge in [0.1, 0.15) is 5.75 Å². The summed E-state index contributed by atoms with van der Waals surface area (Å²) in [6.07, 6.45) is -4.49. The molecule has 1 aliphatic heterocycles. The number of benzene rings is 3. The van der Waals surface area contributed by atoms with Crippen molar-refractivity contribution in [2.45, 2.75) is 17.9 Å². The van der Waals surface area contributed by atoms with E-state index in [2.05, 4.69) is 20.4 Å². The summed E-state index contributed by atoms with van der Waals surface area (Å²) in [6, 6.07) is 21.1. The first-order valence-corrected chi connectivity index (χ1v) is 14.5. The predicted octanol–water partition coefficient (Wildman–Crippen LogP) is 4.67. The van der Waals surface area contributed by atoms with Crippen molar-refractivity contribution < 1.29 is 27.5 Å².